The number of hydrogen-bond acceptors (Lipinski definition) is 6. The molecule has 0 spiro atoms. The van der Waals surface area contributed by atoms with E-state index in [1.54, 1.807) is 24.3 Å². The summed E-state index contributed by atoms with van der Waals surface area (Å²) in [4.78, 5) is 4.96. The average Bonchev–Trinajstić information content (AvgIpc) is 2.61. The monoisotopic (exact) mass is 312 g/mol. The van der Waals surface area contributed by atoms with Crippen LogP contribution in [0.2, 0.25) is 0 Å². The van der Waals surface area contributed by atoms with E-state index in [-0.39, 0.29) is 13.2 Å². The maximum absolute atomic E-state index is 9.05. The number of aliphatic hydroxyl groups excluding tert-OH is 2. The van der Waals surface area contributed by atoms with Crippen molar-refractivity contribution >= 4 is 22.7 Å². The number of nitrogens with zero attached hydrogens (tertiary/aromatic N) is 5. The Balaban J connectivity index is 2.06. The van der Waals surface area contributed by atoms with E-state index in [9.17, 15) is 0 Å². The third-order valence-corrected chi connectivity index (χ3v) is 3.20. The maximum atomic E-state index is 9.05. The molecule has 2 rings (SSSR count). The zero-order chi connectivity index (χ0) is 16.5. The molecule has 0 fully saturated rings. The van der Waals surface area contributed by atoms with E-state index in [0.717, 1.165) is 5.69 Å². The van der Waals surface area contributed by atoms with Gasteiger partial charge in [-0.25, -0.2) is 0 Å². The standard InChI is InChI=1S/C16H18N5O2/c17-18-13-1-3-14(4-2-13)19-20-15-5-7-16(8-6-15)21(9-11-22)10-12-23/h1-8,22-23H,9-12H2/q+1. The lowest BCUT2D eigenvalue weighted by Gasteiger charge is -2.22. The van der Waals surface area contributed by atoms with Gasteiger partial charge in [0.05, 0.1) is 24.6 Å². The third kappa shape index (κ3) is 4.85. The molecule has 118 valence electrons. The fourth-order valence-electron chi connectivity index (χ4n) is 2.04. The summed E-state index contributed by atoms with van der Waals surface area (Å²) in [5.74, 6) is 0. The SMILES string of the molecule is N#[N+]c1ccc(N=Nc2ccc(N(CCO)CCO)cc2)cc1. The first-order chi connectivity index (χ1) is 11.3. The zero-order valence-corrected chi connectivity index (χ0v) is 12.6. The van der Waals surface area contributed by atoms with Gasteiger partial charge in [-0.05, 0) is 36.4 Å². The van der Waals surface area contributed by atoms with Gasteiger partial charge < -0.3 is 15.1 Å². The van der Waals surface area contributed by atoms with E-state index < -0.39 is 0 Å². The van der Waals surface area contributed by atoms with Crippen molar-refractivity contribution in [1.29, 1.82) is 5.39 Å². The second-order valence-corrected chi connectivity index (χ2v) is 4.77. The van der Waals surface area contributed by atoms with Crippen LogP contribution in [-0.2, 0) is 0 Å². The number of benzene rings is 2. The summed E-state index contributed by atoms with van der Waals surface area (Å²) in [5.41, 5.74) is 2.71. The first-order valence-corrected chi connectivity index (χ1v) is 7.20. The molecule has 0 aromatic heterocycles. The van der Waals surface area contributed by atoms with Gasteiger partial charge in [-0.2, -0.15) is 10.2 Å². The molecule has 2 aromatic rings. The van der Waals surface area contributed by atoms with Crippen molar-refractivity contribution in [2.24, 2.45) is 10.2 Å². The third-order valence-electron chi connectivity index (χ3n) is 3.20. The van der Waals surface area contributed by atoms with Crippen LogP contribution < -0.4 is 4.90 Å². The van der Waals surface area contributed by atoms with Crippen LogP contribution in [0.15, 0.2) is 58.8 Å². The lowest BCUT2D eigenvalue weighted by molar-refractivity contribution is 0.281. The Morgan fingerprint density at radius 2 is 1.30 bits per heavy atom. The Bertz CT molecular complexity index is 671. The maximum Gasteiger partial charge on any atom is 0.385 e. The van der Waals surface area contributed by atoms with E-state index in [1.165, 1.54) is 0 Å². The fourth-order valence-corrected chi connectivity index (χ4v) is 2.04. The Labute approximate surface area is 134 Å². The minimum absolute atomic E-state index is 0.0254. The van der Waals surface area contributed by atoms with Crippen molar-refractivity contribution in [2.45, 2.75) is 0 Å². The number of anilines is 1. The molecule has 23 heavy (non-hydrogen) atoms. The summed E-state index contributed by atoms with van der Waals surface area (Å²) in [6.45, 7) is 0.975. The molecule has 0 saturated heterocycles. The van der Waals surface area contributed by atoms with E-state index in [4.69, 9.17) is 15.6 Å². The molecule has 0 heterocycles. The van der Waals surface area contributed by atoms with Gasteiger partial charge in [-0.1, -0.05) is 0 Å². The predicted molar refractivity (Wildman–Crippen MR) is 88.2 cm³/mol. The average molecular weight is 312 g/mol. The highest BCUT2D eigenvalue weighted by molar-refractivity contribution is 5.54. The summed E-state index contributed by atoms with van der Waals surface area (Å²) >= 11 is 0. The summed E-state index contributed by atoms with van der Waals surface area (Å²) in [6, 6.07) is 14.1. The number of rotatable bonds is 7. The van der Waals surface area contributed by atoms with Gasteiger partial charge in [-0.3, -0.25) is 0 Å². The van der Waals surface area contributed by atoms with E-state index in [0.29, 0.717) is 30.2 Å². The van der Waals surface area contributed by atoms with Crippen LogP contribution >= 0.6 is 0 Å². The quantitative estimate of drug-likeness (QED) is 0.605. The van der Waals surface area contributed by atoms with Crippen LogP contribution in [0.25, 0.3) is 4.98 Å². The molecular formula is C16H18N5O2+. The second kappa shape index (κ2) is 8.58. The van der Waals surface area contributed by atoms with Gasteiger partial charge in [0, 0.05) is 30.9 Å². The Hall–Kier alpha value is -2.82. The molecule has 2 aromatic carbocycles. The highest BCUT2D eigenvalue weighted by Gasteiger charge is 2.05. The van der Waals surface area contributed by atoms with Crippen LogP contribution in [0.1, 0.15) is 0 Å². The molecular weight excluding hydrogens is 294 g/mol. The minimum Gasteiger partial charge on any atom is -0.395 e. The highest BCUT2D eigenvalue weighted by atomic mass is 16.3. The molecule has 0 aliphatic rings. The van der Waals surface area contributed by atoms with Crippen molar-refractivity contribution in [3.63, 3.8) is 0 Å². The summed E-state index contributed by atoms with van der Waals surface area (Å²) in [6.07, 6.45) is 0. The molecule has 2 N–H and O–H groups in total. The minimum atomic E-state index is 0.0254. The molecule has 0 amide bonds. The zero-order valence-electron chi connectivity index (χ0n) is 12.6. The summed E-state index contributed by atoms with van der Waals surface area (Å²) in [7, 11) is 0. The first-order valence-electron chi connectivity index (χ1n) is 7.20. The van der Waals surface area contributed by atoms with Gasteiger partial charge in [0.1, 0.15) is 0 Å². The van der Waals surface area contributed by atoms with Crippen LogP contribution in [0.4, 0.5) is 22.7 Å². The molecule has 0 aliphatic carbocycles. The molecule has 0 aliphatic heterocycles. The van der Waals surface area contributed by atoms with Gasteiger partial charge in [-0.15, -0.1) is 0 Å². The first kappa shape index (κ1) is 16.5. The number of aliphatic hydroxyl groups is 2. The van der Waals surface area contributed by atoms with Crippen molar-refractivity contribution in [1.82, 2.24) is 0 Å². The van der Waals surface area contributed by atoms with E-state index >= 15 is 0 Å². The molecule has 0 unspecified atom stereocenters. The number of azo groups is 1. The van der Waals surface area contributed by atoms with Crippen molar-refractivity contribution in [3.05, 3.63) is 53.5 Å². The van der Waals surface area contributed by atoms with E-state index in [2.05, 4.69) is 15.2 Å². The van der Waals surface area contributed by atoms with Crippen molar-refractivity contribution in [2.75, 3.05) is 31.2 Å². The van der Waals surface area contributed by atoms with Crippen LogP contribution in [-0.4, -0.2) is 36.5 Å². The lowest BCUT2D eigenvalue weighted by Crippen LogP contribution is -2.29. The molecule has 0 saturated carbocycles. The van der Waals surface area contributed by atoms with Gasteiger partial charge >= 0.3 is 5.69 Å². The van der Waals surface area contributed by atoms with Crippen LogP contribution in [0.5, 0.6) is 0 Å². The molecule has 0 bridgehead atoms. The molecule has 7 heteroatoms. The van der Waals surface area contributed by atoms with Crippen molar-refractivity contribution < 1.29 is 10.2 Å². The van der Waals surface area contributed by atoms with Gasteiger partial charge in [0.25, 0.3) is 0 Å². The molecule has 0 radical (unpaired) electrons. The fraction of sp³-hybridized carbons (Fsp3) is 0.250. The predicted octanol–water partition coefficient (Wildman–Crippen LogP) is 3.38. The molecule has 7 nitrogen and oxygen atoms in total. The Kier molecular flexibility index (Phi) is 6.17. The summed E-state index contributed by atoms with van der Waals surface area (Å²) in [5, 5.41) is 35.0. The topological polar surface area (TPSA) is 96.6 Å². The molecule has 0 atom stereocenters. The number of hydrogen-bond donors (Lipinski definition) is 2. The van der Waals surface area contributed by atoms with Gasteiger partial charge in [0.15, 0.2) is 4.98 Å². The lowest BCUT2D eigenvalue weighted by atomic mass is 10.2. The number of diazo groups is 1. The van der Waals surface area contributed by atoms with Gasteiger partial charge in [0.2, 0.25) is 5.39 Å². The largest absolute Gasteiger partial charge is 0.395 e. The Morgan fingerprint density at radius 3 is 1.74 bits per heavy atom. The van der Waals surface area contributed by atoms with Crippen LogP contribution in [0, 0.1) is 5.39 Å². The van der Waals surface area contributed by atoms with Crippen LogP contribution in [0.3, 0.4) is 0 Å². The normalized spacial score (nSPS) is 10.7. The highest BCUT2D eigenvalue weighted by Crippen LogP contribution is 2.23. The Morgan fingerprint density at radius 1 is 0.826 bits per heavy atom. The smallest absolute Gasteiger partial charge is 0.385 e. The second-order valence-electron chi connectivity index (χ2n) is 4.77. The summed E-state index contributed by atoms with van der Waals surface area (Å²) < 4.78 is 0. The van der Waals surface area contributed by atoms with E-state index in [1.807, 2.05) is 29.2 Å². The van der Waals surface area contributed by atoms with Crippen molar-refractivity contribution in [3.8, 4) is 0 Å².